The summed E-state index contributed by atoms with van der Waals surface area (Å²) in [7, 11) is 0. The van der Waals surface area contributed by atoms with Crippen LogP contribution in [0.5, 0.6) is 0 Å². The van der Waals surface area contributed by atoms with E-state index in [0.29, 0.717) is 11.7 Å². The van der Waals surface area contributed by atoms with E-state index in [9.17, 15) is 9.18 Å². The van der Waals surface area contributed by atoms with Crippen LogP contribution in [0.15, 0.2) is 24.4 Å². The first-order chi connectivity index (χ1) is 5.83. The van der Waals surface area contributed by atoms with Gasteiger partial charge in [0.05, 0.1) is 5.56 Å². The van der Waals surface area contributed by atoms with E-state index in [1.807, 2.05) is 0 Å². The summed E-state index contributed by atoms with van der Waals surface area (Å²) in [5, 5.41) is 0.630. The number of benzene rings is 1. The molecular weight excluding hydrogens is 157 g/mol. The van der Waals surface area contributed by atoms with Crippen LogP contribution in [0.4, 0.5) is 4.39 Å². The summed E-state index contributed by atoms with van der Waals surface area (Å²) in [4.78, 5) is 13.4. The second kappa shape index (κ2) is 2.44. The number of aromatic amines is 1. The molecule has 0 aliphatic carbocycles. The number of nitrogens with one attached hydrogen (secondary N) is 1. The fourth-order valence-electron chi connectivity index (χ4n) is 1.25. The Kier molecular flexibility index (Phi) is 1.43. The average molecular weight is 163 g/mol. The van der Waals surface area contributed by atoms with E-state index in [1.165, 1.54) is 6.07 Å². The van der Waals surface area contributed by atoms with Gasteiger partial charge >= 0.3 is 0 Å². The number of carbonyl (C=O) groups excluding carboxylic acids is 1. The van der Waals surface area contributed by atoms with Gasteiger partial charge in [-0.3, -0.25) is 4.79 Å². The molecule has 1 heterocycles. The molecule has 0 atom stereocenters. The van der Waals surface area contributed by atoms with Crippen molar-refractivity contribution in [2.75, 3.05) is 0 Å². The summed E-state index contributed by atoms with van der Waals surface area (Å²) in [5.74, 6) is -0.475. The lowest BCUT2D eigenvalue weighted by Gasteiger charge is -1.95. The Morgan fingerprint density at radius 1 is 1.33 bits per heavy atom. The molecule has 1 aromatic heterocycles. The number of hydrogen-bond donors (Lipinski definition) is 1. The molecule has 0 spiro atoms. The molecule has 0 bridgehead atoms. The van der Waals surface area contributed by atoms with Crippen molar-refractivity contribution in [1.82, 2.24) is 4.98 Å². The predicted molar refractivity (Wildman–Crippen MR) is 43.6 cm³/mol. The van der Waals surface area contributed by atoms with Gasteiger partial charge in [0.15, 0.2) is 6.29 Å². The zero-order valence-electron chi connectivity index (χ0n) is 6.17. The number of halogens is 1. The first-order valence-electron chi connectivity index (χ1n) is 3.53. The lowest BCUT2D eigenvalue weighted by atomic mass is 10.1. The second-order valence-electron chi connectivity index (χ2n) is 2.52. The first kappa shape index (κ1) is 7.03. The Bertz CT molecular complexity index is 433. The van der Waals surface area contributed by atoms with E-state index >= 15 is 0 Å². The van der Waals surface area contributed by atoms with Crippen molar-refractivity contribution in [3.8, 4) is 0 Å². The Labute approximate surface area is 68.0 Å². The van der Waals surface area contributed by atoms with Crippen LogP contribution in [0.2, 0.25) is 0 Å². The molecule has 3 heteroatoms. The molecule has 2 rings (SSSR count). The molecule has 0 saturated heterocycles. The highest BCUT2D eigenvalue weighted by atomic mass is 19.1. The van der Waals surface area contributed by atoms with Crippen molar-refractivity contribution in [2.45, 2.75) is 0 Å². The summed E-state index contributed by atoms with van der Waals surface area (Å²) >= 11 is 0. The Hall–Kier alpha value is -1.64. The quantitative estimate of drug-likeness (QED) is 0.641. The van der Waals surface area contributed by atoms with Crippen molar-refractivity contribution in [3.05, 3.63) is 35.8 Å². The minimum Gasteiger partial charge on any atom is -0.361 e. The zero-order valence-corrected chi connectivity index (χ0v) is 6.17. The molecule has 0 unspecified atom stereocenters. The molecule has 2 aromatic rings. The van der Waals surface area contributed by atoms with Gasteiger partial charge in [0, 0.05) is 17.1 Å². The van der Waals surface area contributed by atoms with Gasteiger partial charge in [-0.25, -0.2) is 4.39 Å². The van der Waals surface area contributed by atoms with Crippen molar-refractivity contribution >= 4 is 17.2 Å². The summed E-state index contributed by atoms with van der Waals surface area (Å²) in [5.41, 5.74) is 0.896. The van der Waals surface area contributed by atoms with Crippen LogP contribution in [0.25, 0.3) is 10.9 Å². The van der Waals surface area contributed by atoms with Crippen LogP contribution in [-0.2, 0) is 0 Å². The topological polar surface area (TPSA) is 32.9 Å². The van der Waals surface area contributed by atoms with Gasteiger partial charge in [0.25, 0.3) is 0 Å². The van der Waals surface area contributed by atoms with Crippen molar-refractivity contribution in [3.63, 3.8) is 0 Å². The van der Waals surface area contributed by atoms with Gasteiger partial charge in [-0.1, -0.05) is 0 Å². The highest BCUT2D eigenvalue weighted by Gasteiger charge is 2.05. The van der Waals surface area contributed by atoms with Crippen LogP contribution in [0.3, 0.4) is 0 Å². The molecule has 1 aromatic carbocycles. The monoisotopic (exact) mass is 163 g/mol. The van der Waals surface area contributed by atoms with Crippen LogP contribution < -0.4 is 0 Å². The summed E-state index contributed by atoms with van der Waals surface area (Å²) in [6.45, 7) is 0. The van der Waals surface area contributed by atoms with Gasteiger partial charge in [-0.15, -0.1) is 0 Å². The highest BCUT2D eigenvalue weighted by Crippen LogP contribution is 2.18. The highest BCUT2D eigenvalue weighted by molar-refractivity contribution is 5.96. The van der Waals surface area contributed by atoms with Gasteiger partial charge < -0.3 is 4.98 Å². The molecule has 60 valence electrons. The fraction of sp³-hybridized carbons (Fsp3) is 0. The number of carbonyl (C=O) groups is 1. The Balaban J connectivity index is 2.91. The van der Waals surface area contributed by atoms with Gasteiger partial charge in [0.2, 0.25) is 0 Å². The summed E-state index contributed by atoms with van der Waals surface area (Å²) < 4.78 is 13.0. The van der Waals surface area contributed by atoms with Gasteiger partial charge in [-0.05, 0) is 18.2 Å². The van der Waals surface area contributed by atoms with Crippen molar-refractivity contribution < 1.29 is 9.18 Å². The van der Waals surface area contributed by atoms with Crippen LogP contribution in [0, 0.1) is 5.82 Å². The second-order valence-corrected chi connectivity index (χ2v) is 2.52. The van der Waals surface area contributed by atoms with Crippen molar-refractivity contribution in [1.29, 1.82) is 0 Å². The van der Waals surface area contributed by atoms with Gasteiger partial charge in [-0.2, -0.15) is 0 Å². The fourth-order valence-corrected chi connectivity index (χ4v) is 1.25. The van der Waals surface area contributed by atoms with Crippen LogP contribution in [0.1, 0.15) is 10.4 Å². The van der Waals surface area contributed by atoms with Gasteiger partial charge in [0.1, 0.15) is 5.82 Å². The number of fused-ring (bicyclic) bond motifs is 1. The molecule has 0 fully saturated rings. The third-order valence-electron chi connectivity index (χ3n) is 1.84. The molecule has 1 N–H and O–H groups in total. The maximum absolute atomic E-state index is 13.0. The number of aldehydes is 1. The summed E-state index contributed by atoms with van der Waals surface area (Å²) in [6, 6.07) is 4.57. The maximum atomic E-state index is 13.0. The molecule has 0 aliphatic heterocycles. The molecular formula is C9H6FNO. The third-order valence-corrected chi connectivity index (χ3v) is 1.84. The Morgan fingerprint density at radius 3 is 2.92 bits per heavy atom. The minimum absolute atomic E-state index is 0.119. The van der Waals surface area contributed by atoms with E-state index in [0.717, 1.165) is 5.52 Å². The molecule has 12 heavy (non-hydrogen) atoms. The standard InChI is InChI=1S/C9H6FNO/c10-8-1-2-9-6(3-4-11-9)7(8)5-12/h1-5,11H. The van der Waals surface area contributed by atoms with Crippen LogP contribution >= 0.6 is 0 Å². The smallest absolute Gasteiger partial charge is 0.153 e. The normalized spacial score (nSPS) is 10.4. The average Bonchev–Trinajstić information content (AvgIpc) is 2.52. The predicted octanol–water partition coefficient (Wildman–Crippen LogP) is 2.12. The minimum atomic E-state index is -0.475. The van der Waals surface area contributed by atoms with E-state index in [4.69, 9.17) is 0 Å². The van der Waals surface area contributed by atoms with Crippen LogP contribution in [-0.4, -0.2) is 11.3 Å². The number of rotatable bonds is 1. The largest absolute Gasteiger partial charge is 0.361 e. The SMILES string of the molecule is O=Cc1c(F)ccc2[nH]ccc12. The molecule has 0 radical (unpaired) electrons. The third kappa shape index (κ3) is 0.830. The molecule has 0 amide bonds. The number of aromatic nitrogens is 1. The molecule has 0 saturated carbocycles. The lowest BCUT2D eigenvalue weighted by molar-refractivity contribution is 0.112. The lowest BCUT2D eigenvalue weighted by Crippen LogP contribution is -1.87. The Morgan fingerprint density at radius 2 is 2.17 bits per heavy atom. The number of hydrogen-bond acceptors (Lipinski definition) is 1. The van der Waals surface area contributed by atoms with Crippen molar-refractivity contribution in [2.24, 2.45) is 0 Å². The maximum Gasteiger partial charge on any atom is 0.153 e. The van der Waals surface area contributed by atoms with E-state index in [2.05, 4.69) is 4.98 Å². The first-order valence-corrected chi connectivity index (χ1v) is 3.53. The van der Waals surface area contributed by atoms with E-state index < -0.39 is 5.82 Å². The molecule has 2 nitrogen and oxygen atoms in total. The molecule has 0 aliphatic rings. The zero-order chi connectivity index (χ0) is 8.55. The summed E-state index contributed by atoms with van der Waals surface area (Å²) in [6.07, 6.45) is 2.21. The van der Waals surface area contributed by atoms with E-state index in [1.54, 1.807) is 18.3 Å². The number of H-pyrrole nitrogens is 1. The van der Waals surface area contributed by atoms with E-state index in [-0.39, 0.29) is 5.56 Å².